The molecule has 0 spiro atoms. The van der Waals surface area contributed by atoms with Crippen molar-refractivity contribution in [2.24, 2.45) is 5.73 Å². The van der Waals surface area contributed by atoms with E-state index in [2.05, 4.69) is 4.98 Å². The summed E-state index contributed by atoms with van der Waals surface area (Å²) in [5.74, 6) is -0.140. The molecular formula is C10H14ClFN4. The van der Waals surface area contributed by atoms with Crippen LogP contribution in [0, 0.1) is 11.2 Å². The van der Waals surface area contributed by atoms with Gasteiger partial charge >= 0.3 is 0 Å². The van der Waals surface area contributed by atoms with E-state index in [4.69, 9.17) is 22.7 Å². The number of anilines is 1. The zero-order valence-electron chi connectivity index (χ0n) is 9.00. The zero-order chi connectivity index (χ0) is 12.1. The highest BCUT2D eigenvalue weighted by Crippen LogP contribution is 2.19. The predicted molar refractivity (Wildman–Crippen MR) is 63.6 cm³/mol. The number of aromatic nitrogens is 1. The number of nitrogens with zero attached hydrogens (tertiary/aromatic N) is 2. The number of rotatable bonds is 5. The first-order valence-electron chi connectivity index (χ1n) is 4.93. The van der Waals surface area contributed by atoms with E-state index in [9.17, 15) is 4.39 Å². The van der Waals surface area contributed by atoms with Crippen molar-refractivity contribution >= 4 is 23.3 Å². The Balaban J connectivity index is 2.82. The van der Waals surface area contributed by atoms with Gasteiger partial charge in [-0.15, -0.1) is 0 Å². The summed E-state index contributed by atoms with van der Waals surface area (Å²) in [4.78, 5) is 5.65. The summed E-state index contributed by atoms with van der Waals surface area (Å²) in [5.41, 5.74) is 5.26. The molecule has 0 fully saturated rings. The second-order valence-corrected chi connectivity index (χ2v) is 3.75. The van der Waals surface area contributed by atoms with Crippen molar-refractivity contribution in [1.82, 2.24) is 4.98 Å². The molecule has 1 aromatic rings. The van der Waals surface area contributed by atoms with Crippen LogP contribution >= 0.6 is 11.6 Å². The maximum Gasteiger partial charge on any atom is 0.167 e. The van der Waals surface area contributed by atoms with Crippen LogP contribution in [0.4, 0.5) is 10.2 Å². The van der Waals surface area contributed by atoms with E-state index in [1.165, 1.54) is 12.3 Å². The average molecular weight is 245 g/mol. The Hall–Kier alpha value is -1.36. The van der Waals surface area contributed by atoms with Gasteiger partial charge < -0.3 is 10.6 Å². The summed E-state index contributed by atoms with van der Waals surface area (Å²) >= 11 is 5.62. The highest BCUT2D eigenvalue weighted by molar-refractivity contribution is 6.30. The molecule has 6 heteroatoms. The molecule has 0 atom stereocenters. The minimum atomic E-state index is -0.460. The van der Waals surface area contributed by atoms with Crippen LogP contribution in [-0.2, 0) is 0 Å². The summed E-state index contributed by atoms with van der Waals surface area (Å²) in [6.07, 6.45) is 1.79. The van der Waals surface area contributed by atoms with Gasteiger partial charge in [-0.05, 0) is 13.0 Å². The summed E-state index contributed by atoms with van der Waals surface area (Å²) in [6.45, 7) is 2.95. The van der Waals surface area contributed by atoms with Gasteiger partial charge in [0.25, 0.3) is 0 Å². The lowest BCUT2D eigenvalue weighted by atomic mass is 10.3. The van der Waals surface area contributed by atoms with Crippen LogP contribution in [0.2, 0.25) is 5.02 Å². The number of hydrogen-bond donors (Lipinski definition) is 2. The van der Waals surface area contributed by atoms with Crippen LogP contribution in [0.15, 0.2) is 12.3 Å². The highest BCUT2D eigenvalue weighted by Gasteiger charge is 2.12. The van der Waals surface area contributed by atoms with E-state index in [0.29, 0.717) is 19.5 Å². The third kappa shape index (κ3) is 3.34. The normalized spacial score (nSPS) is 10.2. The first kappa shape index (κ1) is 12.7. The molecule has 0 saturated heterocycles. The number of halogens is 2. The number of nitrogens with two attached hydrogens (primary N) is 1. The van der Waals surface area contributed by atoms with Crippen LogP contribution < -0.4 is 10.6 Å². The molecule has 1 heterocycles. The Morgan fingerprint density at radius 1 is 1.69 bits per heavy atom. The van der Waals surface area contributed by atoms with E-state index in [1.54, 1.807) is 4.90 Å². The Morgan fingerprint density at radius 3 is 2.88 bits per heavy atom. The SMILES string of the molecule is CCN(CCC(=N)N)c1ncc(Cl)cc1F. The Kier molecular flexibility index (Phi) is 4.49. The van der Waals surface area contributed by atoms with Crippen molar-refractivity contribution in [3.8, 4) is 0 Å². The molecule has 0 bridgehead atoms. The van der Waals surface area contributed by atoms with Gasteiger partial charge in [-0.25, -0.2) is 9.37 Å². The second-order valence-electron chi connectivity index (χ2n) is 3.31. The van der Waals surface area contributed by atoms with Crippen molar-refractivity contribution < 1.29 is 4.39 Å². The minimum Gasteiger partial charge on any atom is -0.388 e. The van der Waals surface area contributed by atoms with Crippen molar-refractivity contribution in [2.45, 2.75) is 13.3 Å². The summed E-state index contributed by atoms with van der Waals surface area (Å²) < 4.78 is 13.5. The number of amidine groups is 1. The lowest BCUT2D eigenvalue weighted by Gasteiger charge is -2.21. The second kappa shape index (κ2) is 5.65. The van der Waals surface area contributed by atoms with E-state index >= 15 is 0 Å². The number of pyridine rings is 1. The van der Waals surface area contributed by atoms with E-state index < -0.39 is 5.82 Å². The molecule has 0 amide bonds. The third-order valence-corrected chi connectivity index (χ3v) is 2.33. The van der Waals surface area contributed by atoms with Gasteiger partial charge in [0.05, 0.1) is 10.9 Å². The molecule has 1 aromatic heterocycles. The molecular weight excluding hydrogens is 231 g/mol. The van der Waals surface area contributed by atoms with E-state index in [1.807, 2.05) is 6.92 Å². The van der Waals surface area contributed by atoms with E-state index in [-0.39, 0.29) is 16.7 Å². The summed E-state index contributed by atoms with van der Waals surface area (Å²) in [7, 11) is 0. The van der Waals surface area contributed by atoms with Crippen molar-refractivity contribution in [2.75, 3.05) is 18.0 Å². The molecule has 0 saturated carbocycles. The van der Waals surface area contributed by atoms with Crippen molar-refractivity contribution in [1.29, 1.82) is 5.41 Å². The molecule has 0 aliphatic rings. The largest absolute Gasteiger partial charge is 0.388 e. The van der Waals surface area contributed by atoms with Crippen LogP contribution in [0.1, 0.15) is 13.3 Å². The molecule has 16 heavy (non-hydrogen) atoms. The van der Waals surface area contributed by atoms with Crippen molar-refractivity contribution in [3.63, 3.8) is 0 Å². The first-order valence-corrected chi connectivity index (χ1v) is 5.31. The lowest BCUT2D eigenvalue weighted by Crippen LogP contribution is -2.29. The van der Waals surface area contributed by atoms with Gasteiger partial charge in [0.2, 0.25) is 0 Å². The summed E-state index contributed by atoms with van der Waals surface area (Å²) in [5, 5.41) is 7.40. The molecule has 0 radical (unpaired) electrons. The van der Waals surface area contributed by atoms with Gasteiger partial charge in [-0.3, -0.25) is 5.41 Å². The molecule has 0 aromatic carbocycles. The quantitative estimate of drug-likeness (QED) is 0.615. The van der Waals surface area contributed by atoms with E-state index in [0.717, 1.165) is 0 Å². The summed E-state index contributed by atoms with van der Waals surface area (Å²) in [6, 6.07) is 1.22. The molecule has 0 aliphatic heterocycles. The van der Waals surface area contributed by atoms with Crippen LogP contribution in [0.25, 0.3) is 0 Å². The maximum absolute atomic E-state index is 13.5. The monoisotopic (exact) mass is 244 g/mol. The number of nitrogens with one attached hydrogen (secondary N) is 1. The number of hydrogen-bond acceptors (Lipinski definition) is 3. The fourth-order valence-electron chi connectivity index (χ4n) is 1.31. The van der Waals surface area contributed by atoms with Crippen LogP contribution in [0.3, 0.4) is 0 Å². The maximum atomic E-state index is 13.5. The standard InChI is InChI=1S/C10H14ClFN4/c1-2-16(4-3-9(13)14)10-8(12)5-7(11)6-15-10/h5-6H,2-4H2,1H3,(H3,13,14). The zero-order valence-corrected chi connectivity index (χ0v) is 9.76. The molecule has 1 rings (SSSR count). The average Bonchev–Trinajstić information content (AvgIpc) is 2.21. The molecule has 4 nitrogen and oxygen atoms in total. The fraction of sp³-hybridized carbons (Fsp3) is 0.400. The van der Waals surface area contributed by atoms with Gasteiger partial charge in [0.1, 0.15) is 0 Å². The first-order chi connectivity index (χ1) is 7.54. The minimum absolute atomic E-state index is 0.0767. The molecule has 0 unspecified atom stereocenters. The van der Waals surface area contributed by atoms with Crippen LogP contribution in [0.5, 0.6) is 0 Å². The van der Waals surface area contributed by atoms with Gasteiger partial charge in [0.15, 0.2) is 11.6 Å². The topological polar surface area (TPSA) is 66.0 Å². The lowest BCUT2D eigenvalue weighted by molar-refractivity contribution is 0.611. The smallest absolute Gasteiger partial charge is 0.167 e. The fourth-order valence-corrected chi connectivity index (χ4v) is 1.45. The Labute approximate surface area is 98.7 Å². The van der Waals surface area contributed by atoms with Gasteiger partial charge in [-0.2, -0.15) is 0 Å². The van der Waals surface area contributed by atoms with Gasteiger partial charge in [0, 0.05) is 25.7 Å². The highest BCUT2D eigenvalue weighted by atomic mass is 35.5. The Morgan fingerprint density at radius 2 is 2.38 bits per heavy atom. The van der Waals surface area contributed by atoms with Crippen molar-refractivity contribution in [3.05, 3.63) is 23.1 Å². The Bertz CT molecular complexity index is 383. The molecule has 88 valence electrons. The predicted octanol–water partition coefficient (Wildman–Crippen LogP) is 2.03. The molecule has 3 N–H and O–H groups in total. The molecule has 0 aliphatic carbocycles. The van der Waals surface area contributed by atoms with Crippen LogP contribution in [-0.4, -0.2) is 23.9 Å². The third-order valence-electron chi connectivity index (χ3n) is 2.12. The van der Waals surface area contributed by atoms with Gasteiger partial charge in [-0.1, -0.05) is 11.6 Å².